The molecule has 1 aromatic heterocycles. The van der Waals surface area contributed by atoms with Crippen molar-refractivity contribution in [3.05, 3.63) is 17.2 Å². The number of carbonyl (C=O) groups is 1. The summed E-state index contributed by atoms with van der Waals surface area (Å²) in [6, 6.07) is 0. The van der Waals surface area contributed by atoms with E-state index in [1.807, 2.05) is 6.92 Å². The quantitative estimate of drug-likeness (QED) is 0.856. The molecule has 5 heteroatoms. The molecule has 2 saturated heterocycles. The molecule has 1 aliphatic carbocycles. The Bertz CT molecular complexity index is 585. The van der Waals surface area contributed by atoms with Gasteiger partial charge in [-0.25, -0.2) is 4.98 Å². The lowest BCUT2D eigenvalue weighted by atomic mass is 9.75. The molecule has 2 fully saturated rings. The maximum atomic E-state index is 13.0. The number of nitrogens with one attached hydrogen (secondary N) is 1. The summed E-state index contributed by atoms with van der Waals surface area (Å²) in [5.74, 6) is 1.53. The van der Waals surface area contributed by atoms with E-state index in [-0.39, 0.29) is 11.5 Å². The third-order valence-electron chi connectivity index (χ3n) is 6.07. The molecule has 1 aromatic rings. The number of aryl methyl sites for hydroxylation is 2. The fourth-order valence-corrected chi connectivity index (χ4v) is 4.49. The molecule has 1 amide bonds. The van der Waals surface area contributed by atoms with Crippen LogP contribution in [0.4, 0.5) is 0 Å². The first kappa shape index (κ1) is 14.2. The van der Waals surface area contributed by atoms with Gasteiger partial charge in [0.05, 0.1) is 5.69 Å². The fourth-order valence-electron chi connectivity index (χ4n) is 4.49. The fraction of sp³-hybridized carbons (Fsp3) is 0.765. The van der Waals surface area contributed by atoms with E-state index < -0.39 is 0 Å². The average Bonchev–Trinajstić information content (AvgIpc) is 2.86. The SMILES string of the molecule is Cc1nc2c([nH]1)CC(C(=O)N1CCC13CCN(C)CC3)CC2. The molecule has 3 heterocycles. The van der Waals surface area contributed by atoms with Crippen LogP contribution in [0.1, 0.15) is 42.9 Å². The highest BCUT2D eigenvalue weighted by Crippen LogP contribution is 2.41. The molecule has 1 unspecified atom stereocenters. The smallest absolute Gasteiger partial charge is 0.226 e. The van der Waals surface area contributed by atoms with Crippen molar-refractivity contribution in [2.24, 2.45) is 5.92 Å². The minimum Gasteiger partial charge on any atom is -0.346 e. The van der Waals surface area contributed by atoms with E-state index in [2.05, 4.69) is 26.8 Å². The molecule has 1 spiro atoms. The number of aromatic nitrogens is 2. The highest BCUT2D eigenvalue weighted by molar-refractivity contribution is 5.81. The van der Waals surface area contributed by atoms with Gasteiger partial charge in [0.15, 0.2) is 0 Å². The Morgan fingerprint density at radius 1 is 1.27 bits per heavy atom. The third-order valence-corrected chi connectivity index (χ3v) is 6.07. The van der Waals surface area contributed by atoms with E-state index in [0.29, 0.717) is 5.91 Å². The van der Waals surface area contributed by atoms with Crippen LogP contribution in [0.2, 0.25) is 0 Å². The van der Waals surface area contributed by atoms with Crippen LogP contribution in [-0.4, -0.2) is 57.9 Å². The van der Waals surface area contributed by atoms with Gasteiger partial charge in [0, 0.05) is 43.2 Å². The summed E-state index contributed by atoms with van der Waals surface area (Å²) < 4.78 is 0. The number of amides is 1. The van der Waals surface area contributed by atoms with Crippen molar-refractivity contribution in [3.63, 3.8) is 0 Å². The van der Waals surface area contributed by atoms with Crippen LogP contribution < -0.4 is 0 Å². The predicted molar refractivity (Wildman–Crippen MR) is 84.6 cm³/mol. The van der Waals surface area contributed by atoms with Crippen molar-refractivity contribution in [2.45, 2.75) is 51.0 Å². The minimum absolute atomic E-state index is 0.157. The van der Waals surface area contributed by atoms with Gasteiger partial charge in [-0.05, 0) is 46.1 Å². The Kier molecular flexibility index (Phi) is 3.29. The Balaban J connectivity index is 1.46. The summed E-state index contributed by atoms with van der Waals surface area (Å²) in [5, 5.41) is 0. The average molecular weight is 302 g/mol. The van der Waals surface area contributed by atoms with Crippen molar-refractivity contribution < 1.29 is 4.79 Å². The second-order valence-electron chi connectivity index (χ2n) is 7.45. The topological polar surface area (TPSA) is 52.2 Å². The molecule has 2 aliphatic heterocycles. The van der Waals surface area contributed by atoms with E-state index in [1.165, 1.54) is 17.8 Å². The zero-order chi connectivity index (χ0) is 15.3. The Hall–Kier alpha value is -1.36. The van der Waals surface area contributed by atoms with Crippen LogP contribution in [0, 0.1) is 12.8 Å². The maximum absolute atomic E-state index is 13.0. The van der Waals surface area contributed by atoms with Gasteiger partial charge in [0.25, 0.3) is 0 Å². The molecule has 0 aromatic carbocycles. The first-order chi connectivity index (χ1) is 10.6. The highest BCUT2D eigenvalue weighted by Gasteiger charge is 2.49. The van der Waals surface area contributed by atoms with Crippen LogP contribution in [0.3, 0.4) is 0 Å². The van der Waals surface area contributed by atoms with Gasteiger partial charge < -0.3 is 14.8 Å². The molecule has 1 N–H and O–H groups in total. The first-order valence-electron chi connectivity index (χ1n) is 8.62. The van der Waals surface area contributed by atoms with Gasteiger partial charge in [-0.1, -0.05) is 0 Å². The molecule has 0 radical (unpaired) electrons. The number of nitrogens with zero attached hydrogens (tertiary/aromatic N) is 3. The molecule has 3 aliphatic rings. The Morgan fingerprint density at radius 2 is 2.00 bits per heavy atom. The van der Waals surface area contributed by atoms with Gasteiger partial charge >= 0.3 is 0 Å². The third kappa shape index (κ3) is 2.18. The van der Waals surface area contributed by atoms with Crippen molar-refractivity contribution in [1.82, 2.24) is 19.8 Å². The highest BCUT2D eigenvalue weighted by atomic mass is 16.2. The number of aromatic amines is 1. The van der Waals surface area contributed by atoms with Crippen molar-refractivity contribution in [1.29, 1.82) is 0 Å². The second-order valence-corrected chi connectivity index (χ2v) is 7.45. The predicted octanol–water partition coefficient (Wildman–Crippen LogP) is 1.52. The summed E-state index contributed by atoms with van der Waals surface area (Å²) in [5.41, 5.74) is 2.56. The van der Waals surface area contributed by atoms with Crippen LogP contribution in [0.25, 0.3) is 0 Å². The minimum atomic E-state index is 0.157. The van der Waals surface area contributed by atoms with E-state index in [0.717, 1.165) is 57.6 Å². The number of hydrogen-bond donors (Lipinski definition) is 1. The number of hydrogen-bond acceptors (Lipinski definition) is 3. The van der Waals surface area contributed by atoms with Crippen LogP contribution in [0.15, 0.2) is 0 Å². The summed E-state index contributed by atoms with van der Waals surface area (Å²) >= 11 is 0. The molecule has 4 rings (SSSR count). The number of H-pyrrole nitrogens is 1. The molecule has 120 valence electrons. The number of likely N-dealkylation sites (tertiary alicyclic amines) is 2. The maximum Gasteiger partial charge on any atom is 0.226 e. The van der Waals surface area contributed by atoms with E-state index in [4.69, 9.17) is 0 Å². The van der Waals surface area contributed by atoms with Crippen molar-refractivity contribution in [3.8, 4) is 0 Å². The largest absolute Gasteiger partial charge is 0.346 e. The van der Waals surface area contributed by atoms with Gasteiger partial charge in [0.1, 0.15) is 5.82 Å². The van der Waals surface area contributed by atoms with E-state index in [9.17, 15) is 4.79 Å². The zero-order valence-corrected chi connectivity index (χ0v) is 13.7. The van der Waals surface area contributed by atoms with Crippen molar-refractivity contribution >= 4 is 5.91 Å². The van der Waals surface area contributed by atoms with Crippen LogP contribution in [0.5, 0.6) is 0 Å². The lowest BCUT2D eigenvalue weighted by Crippen LogP contribution is -2.66. The Labute approximate surface area is 132 Å². The number of rotatable bonds is 1. The summed E-state index contributed by atoms with van der Waals surface area (Å²) in [6.45, 7) is 5.21. The lowest BCUT2D eigenvalue weighted by Gasteiger charge is -2.57. The van der Waals surface area contributed by atoms with E-state index in [1.54, 1.807) is 0 Å². The van der Waals surface area contributed by atoms with Crippen LogP contribution in [-0.2, 0) is 17.6 Å². The first-order valence-corrected chi connectivity index (χ1v) is 8.62. The molecular formula is C17H26N4O. The standard InChI is InChI=1S/C17H26N4O/c1-12-18-14-4-3-13(11-15(14)19-12)16(22)21-10-7-17(21)5-8-20(2)9-6-17/h13H,3-11H2,1-2H3,(H,18,19). The number of piperidine rings is 1. The van der Waals surface area contributed by atoms with Gasteiger partial charge in [-0.3, -0.25) is 4.79 Å². The monoisotopic (exact) mass is 302 g/mol. The van der Waals surface area contributed by atoms with Gasteiger partial charge in [-0.15, -0.1) is 0 Å². The van der Waals surface area contributed by atoms with E-state index >= 15 is 0 Å². The molecular weight excluding hydrogens is 276 g/mol. The second kappa shape index (κ2) is 5.08. The summed E-state index contributed by atoms with van der Waals surface area (Å²) in [6.07, 6.45) is 6.25. The number of carbonyl (C=O) groups excluding carboxylic acids is 1. The van der Waals surface area contributed by atoms with Crippen molar-refractivity contribution in [2.75, 3.05) is 26.7 Å². The molecule has 1 atom stereocenters. The van der Waals surface area contributed by atoms with Gasteiger partial charge in [-0.2, -0.15) is 0 Å². The molecule has 0 bridgehead atoms. The molecule has 5 nitrogen and oxygen atoms in total. The summed E-state index contributed by atoms with van der Waals surface area (Å²) in [4.78, 5) is 25.5. The summed E-state index contributed by atoms with van der Waals surface area (Å²) in [7, 11) is 2.18. The molecule has 0 saturated carbocycles. The lowest BCUT2D eigenvalue weighted by molar-refractivity contribution is -0.156. The zero-order valence-electron chi connectivity index (χ0n) is 13.7. The number of fused-ring (bicyclic) bond motifs is 1. The molecule has 22 heavy (non-hydrogen) atoms. The van der Waals surface area contributed by atoms with Crippen LogP contribution >= 0.6 is 0 Å². The number of imidazole rings is 1. The normalized spacial score (nSPS) is 27.5. The Morgan fingerprint density at radius 3 is 2.68 bits per heavy atom. The van der Waals surface area contributed by atoms with Gasteiger partial charge in [0.2, 0.25) is 5.91 Å².